The van der Waals surface area contributed by atoms with Crippen LogP contribution in [0.1, 0.15) is 19.6 Å². The third-order valence-electron chi connectivity index (χ3n) is 3.34. The summed E-state index contributed by atoms with van der Waals surface area (Å²) in [6.45, 7) is 2.08. The average Bonchev–Trinajstić information content (AvgIpc) is 3.02. The third-order valence-corrected chi connectivity index (χ3v) is 3.34. The zero-order valence-electron chi connectivity index (χ0n) is 11.5. The Labute approximate surface area is 120 Å². The molecule has 2 aromatic heterocycles. The maximum absolute atomic E-state index is 10.1. The molecule has 1 unspecified atom stereocenters. The van der Waals surface area contributed by atoms with E-state index >= 15 is 0 Å². The lowest BCUT2D eigenvalue weighted by molar-refractivity contribution is -0.0487. The average molecular weight is 295 g/mol. The third kappa shape index (κ3) is 2.39. The Morgan fingerprint density at radius 2 is 2.33 bits per heavy atom. The fourth-order valence-corrected chi connectivity index (χ4v) is 2.40. The number of nitrogen functional groups attached to an aromatic ring is 1. The topological polar surface area (TPSA) is 129 Å². The van der Waals surface area contributed by atoms with Crippen LogP contribution in [0.2, 0.25) is 0 Å². The zero-order valence-corrected chi connectivity index (χ0v) is 11.5. The van der Waals surface area contributed by atoms with Gasteiger partial charge in [-0.1, -0.05) is 0 Å². The van der Waals surface area contributed by atoms with E-state index in [2.05, 4.69) is 15.0 Å². The lowest BCUT2D eigenvalue weighted by Crippen LogP contribution is -2.19. The van der Waals surface area contributed by atoms with E-state index in [1.165, 1.54) is 6.33 Å². The van der Waals surface area contributed by atoms with Gasteiger partial charge in [0.1, 0.15) is 6.10 Å². The summed E-state index contributed by atoms with van der Waals surface area (Å²) in [6.07, 6.45) is -0.00563. The lowest BCUT2D eigenvalue weighted by Gasteiger charge is -2.16. The van der Waals surface area contributed by atoms with Gasteiger partial charge in [-0.25, -0.2) is 4.98 Å². The van der Waals surface area contributed by atoms with Crippen LogP contribution in [0, 0.1) is 0 Å². The number of ether oxygens (including phenoxy) is 2. The molecule has 9 nitrogen and oxygen atoms in total. The number of rotatable bonds is 4. The molecule has 0 bridgehead atoms. The van der Waals surface area contributed by atoms with E-state index in [0.29, 0.717) is 24.2 Å². The largest absolute Gasteiger partial charge is 0.464 e. The number of hydrogen-bond acceptors (Lipinski definition) is 8. The summed E-state index contributed by atoms with van der Waals surface area (Å²) in [6, 6.07) is 0.149. The van der Waals surface area contributed by atoms with Gasteiger partial charge in [0.25, 0.3) is 0 Å². The molecule has 3 rings (SSSR count). The summed E-state index contributed by atoms with van der Waals surface area (Å²) >= 11 is 0. The monoisotopic (exact) mass is 295 g/mol. The van der Waals surface area contributed by atoms with E-state index in [-0.39, 0.29) is 18.4 Å². The van der Waals surface area contributed by atoms with Crippen LogP contribution in [-0.2, 0) is 4.74 Å². The molecule has 0 amide bonds. The highest BCUT2D eigenvalue weighted by Gasteiger charge is 2.36. The molecule has 3 heterocycles. The molecule has 114 valence electrons. The number of nitrogens with zero attached hydrogens (tertiary/aromatic N) is 4. The minimum atomic E-state index is -0.758. The molecule has 0 spiro atoms. The fourth-order valence-electron chi connectivity index (χ4n) is 2.40. The smallest absolute Gasteiger partial charge is 0.320 e. The maximum Gasteiger partial charge on any atom is 0.320 e. The Balaban J connectivity index is 2.03. The zero-order chi connectivity index (χ0) is 15.0. The van der Waals surface area contributed by atoms with Gasteiger partial charge in [-0.15, -0.1) is 0 Å². The van der Waals surface area contributed by atoms with E-state index in [9.17, 15) is 5.11 Å². The van der Waals surface area contributed by atoms with E-state index in [4.69, 9.17) is 20.3 Å². The highest BCUT2D eigenvalue weighted by molar-refractivity contribution is 5.82. The van der Waals surface area contributed by atoms with Gasteiger partial charge in [-0.3, -0.25) is 4.57 Å². The van der Waals surface area contributed by atoms with Gasteiger partial charge in [-0.2, -0.15) is 9.97 Å². The Hall–Kier alpha value is -1.97. The SMILES string of the molecule is CCOc1nc(N)c2ncn([C@@H]3O[C@H](CO)CC3O)c2n1. The van der Waals surface area contributed by atoms with Crippen molar-refractivity contribution in [2.75, 3.05) is 18.9 Å². The van der Waals surface area contributed by atoms with Crippen LogP contribution in [0.5, 0.6) is 6.01 Å². The Morgan fingerprint density at radius 3 is 3.00 bits per heavy atom. The van der Waals surface area contributed by atoms with E-state index in [1.54, 1.807) is 4.57 Å². The Morgan fingerprint density at radius 1 is 1.52 bits per heavy atom. The van der Waals surface area contributed by atoms with Gasteiger partial charge < -0.3 is 25.4 Å². The Bertz CT molecular complexity index is 646. The number of aromatic nitrogens is 4. The normalized spacial score (nSPS) is 25.6. The van der Waals surface area contributed by atoms with Crippen LogP contribution in [0.25, 0.3) is 11.2 Å². The number of nitrogens with two attached hydrogens (primary N) is 1. The minimum Gasteiger partial charge on any atom is -0.464 e. The van der Waals surface area contributed by atoms with Crippen LogP contribution in [0.15, 0.2) is 6.33 Å². The van der Waals surface area contributed by atoms with Crippen LogP contribution in [0.3, 0.4) is 0 Å². The lowest BCUT2D eigenvalue weighted by atomic mass is 10.2. The van der Waals surface area contributed by atoms with Gasteiger partial charge in [-0.05, 0) is 6.92 Å². The van der Waals surface area contributed by atoms with E-state index in [0.717, 1.165) is 0 Å². The predicted molar refractivity (Wildman–Crippen MR) is 72.5 cm³/mol. The minimum absolute atomic E-state index is 0.149. The molecule has 1 aliphatic rings. The molecule has 3 atom stereocenters. The fraction of sp³-hybridized carbons (Fsp3) is 0.583. The van der Waals surface area contributed by atoms with Crippen LogP contribution in [-0.4, -0.2) is 55.2 Å². The first-order valence-corrected chi connectivity index (χ1v) is 6.71. The van der Waals surface area contributed by atoms with Gasteiger partial charge >= 0.3 is 6.01 Å². The molecule has 9 heteroatoms. The molecular weight excluding hydrogens is 278 g/mol. The second-order valence-corrected chi connectivity index (χ2v) is 4.78. The molecule has 4 N–H and O–H groups in total. The number of fused-ring (bicyclic) bond motifs is 1. The summed E-state index contributed by atoms with van der Waals surface area (Å²) in [5, 5.41) is 19.2. The number of anilines is 1. The molecule has 1 aliphatic heterocycles. The number of aliphatic hydroxyl groups is 2. The predicted octanol–water partition coefficient (Wildman–Crippen LogP) is -0.552. The molecule has 0 aromatic carbocycles. The first kappa shape index (κ1) is 14.0. The van der Waals surface area contributed by atoms with Gasteiger partial charge in [0, 0.05) is 6.42 Å². The molecular formula is C12H17N5O4. The van der Waals surface area contributed by atoms with Crippen LogP contribution < -0.4 is 10.5 Å². The van der Waals surface area contributed by atoms with Crippen LogP contribution in [0.4, 0.5) is 5.82 Å². The maximum atomic E-state index is 10.1. The molecule has 21 heavy (non-hydrogen) atoms. The van der Waals surface area contributed by atoms with E-state index < -0.39 is 18.4 Å². The summed E-state index contributed by atoms with van der Waals surface area (Å²) in [7, 11) is 0. The van der Waals surface area contributed by atoms with Crippen molar-refractivity contribution in [2.24, 2.45) is 0 Å². The molecule has 2 aromatic rings. The summed E-state index contributed by atoms with van der Waals surface area (Å²) in [5.41, 5.74) is 6.68. The molecule has 1 fully saturated rings. The molecule has 0 radical (unpaired) electrons. The highest BCUT2D eigenvalue weighted by Crippen LogP contribution is 2.31. The van der Waals surface area contributed by atoms with Crippen molar-refractivity contribution in [3.8, 4) is 6.01 Å². The Kier molecular flexibility index (Phi) is 3.62. The summed E-state index contributed by atoms with van der Waals surface area (Å²) in [5.74, 6) is 0.202. The van der Waals surface area contributed by atoms with E-state index in [1.807, 2.05) is 6.92 Å². The first-order valence-electron chi connectivity index (χ1n) is 6.71. The van der Waals surface area contributed by atoms with Crippen LogP contribution >= 0.6 is 0 Å². The summed E-state index contributed by atoms with van der Waals surface area (Å²) < 4.78 is 12.4. The van der Waals surface area contributed by atoms with Crippen molar-refractivity contribution in [3.05, 3.63) is 6.33 Å². The molecule has 0 aliphatic carbocycles. The summed E-state index contributed by atoms with van der Waals surface area (Å²) in [4.78, 5) is 12.4. The standard InChI is InChI=1S/C12H17N5O4/c1-2-20-12-15-9(13)8-10(16-12)17(5-14-8)11-7(19)3-6(4-18)21-11/h5-7,11,18-19H,2-4H2,1H3,(H2,13,15,16)/t6-,7?,11+/m0/s1. The first-order chi connectivity index (χ1) is 10.1. The van der Waals surface area contributed by atoms with Crippen molar-refractivity contribution < 1.29 is 19.7 Å². The molecule has 0 saturated carbocycles. The van der Waals surface area contributed by atoms with Gasteiger partial charge in [0.15, 0.2) is 23.2 Å². The van der Waals surface area contributed by atoms with Crippen molar-refractivity contribution in [3.63, 3.8) is 0 Å². The van der Waals surface area contributed by atoms with Crippen molar-refractivity contribution >= 4 is 17.0 Å². The number of hydrogen-bond donors (Lipinski definition) is 3. The van der Waals surface area contributed by atoms with Crippen molar-refractivity contribution in [1.29, 1.82) is 0 Å². The van der Waals surface area contributed by atoms with Gasteiger partial charge in [0.05, 0.1) is 25.6 Å². The number of aliphatic hydroxyl groups excluding tert-OH is 2. The number of imidazole rings is 1. The van der Waals surface area contributed by atoms with Crippen molar-refractivity contribution in [2.45, 2.75) is 31.8 Å². The quantitative estimate of drug-likeness (QED) is 0.685. The second-order valence-electron chi connectivity index (χ2n) is 4.78. The van der Waals surface area contributed by atoms with Crippen molar-refractivity contribution in [1.82, 2.24) is 19.5 Å². The highest BCUT2D eigenvalue weighted by atomic mass is 16.5. The second kappa shape index (κ2) is 5.43. The van der Waals surface area contributed by atoms with Gasteiger partial charge in [0.2, 0.25) is 0 Å². The molecule has 1 saturated heterocycles.